The second-order valence-corrected chi connectivity index (χ2v) is 7.88. The fourth-order valence-electron chi connectivity index (χ4n) is 3.45. The van der Waals surface area contributed by atoms with Gasteiger partial charge in [-0.05, 0) is 43.0 Å². The zero-order valence-corrected chi connectivity index (χ0v) is 17.2. The van der Waals surface area contributed by atoms with E-state index in [4.69, 9.17) is 5.73 Å². The van der Waals surface area contributed by atoms with Gasteiger partial charge in [0.15, 0.2) is 0 Å². The van der Waals surface area contributed by atoms with Crippen molar-refractivity contribution in [3.05, 3.63) is 70.3 Å². The molecule has 0 bridgehead atoms. The fraction of sp³-hybridized carbons (Fsp3) is 0.348. The highest BCUT2D eigenvalue weighted by Crippen LogP contribution is 2.26. The van der Waals surface area contributed by atoms with Crippen molar-refractivity contribution in [3.63, 3.8) is 0 Å². The molecule has 0 saturated heterocycles. The molecule has 0 spiro atoms. The molecule has 0 aliphatic carbocycles. The molecule has 0 aromatic heterocycles. The van der Waals surface area contributed by atoms with Gasteiger partial charge in [-0.2, -0.15) is 0 Å². The highest BCUT2D eigenvalue weighted by molar-refractivity contribution is 6.22. The first kappa shape index (κ1) is 20.7. The van der Waals surface area contributed by atoms with E-state index in [2.05, 4.69) is 19.2 Å². The number of nitrogens with two attached hydrogens (primary N) is 1. The number of amides is 3. The Morgan fingerprint density at radius 1 is 0.966 bits per heavy atom. The number of nitrogens with zero attached hydrogens (tertiary/aromatic N) is 1. The Morgan fingerprint density at radius 2 is 1.55 bits per heavy atom. The largest absolute Gasteiger partial charge is 0.352 e. The second kappa shape index (κ2) is 8.17. The molecule has 1 aliphatic heterocycles. The Kier molecular flexibility index (Phi) is 5.84. The third-order valence-corrected chi connectivity index (χ3v) is 5.37. The number of nitrogens with one attached hydrogen (secondary N) is 1. The van der Waals surface area contributed by atoms with Gasteiger partial charge in [0.05, 0.1) is 11.1 Å². The number of aryl methyl sites for hydroxylation is 1. The average Bonchev–Trinajstić information content (AvgIpc) is 2.95. The van der Waals surface area contributed by atoms with E-state index in [1.807, 2.05) is 31.2 Å². The van der Waals surface area contributed by atoms with Gasteiger partial charge in [0.2, 0.25) is 5.91 Å². The first-order valence-electron chi connectivity index (χ1n) is 9.82. The Labute approximate surface area is 171 Å². The van der Waals surface area contributed by atoms with E-state index < -0.39 is 23.8 Å². The summed E-state index contributed by atoms with van der Waals surface area (Å²) in [5.41, 5.74) is 9.90. The van der Waals surface area contributed by atoms with Gasteiger partial charge in [0, 0.05) is 12.6 Å². The minimum absolute atomic E-state index is 0.215. The molecule has 0 radical (unpaired) electrons. The summed E-state index contributed by atoms with van der Waals surface area (Å²) in [5, 5.41) is 2.76. The number of imide groups is 1. The highest BCUT2D eigenvalue weighted by atomic mass is 16.2. The summed E-state index contributed by atoms with van der Waals surface area (Å²) in [6.45, 7) is 7.86. The Bertz CT molecular complexity index is 950. The van der Waals surface area contributed by atoms with Crippen LogP contribution in [0, 0.1) is 6.92 Å². The summed E-state index contributed by atoms with van der Waals surface area (Å²) in [5.74, 6) is -0.860. The molecule has 2 atom stereocenters. The number of carbonyl (C=O) groups excluding carboxylic acids is 3. The van der Waals surface area contributed by atoms with Crippen LogP contribution >= 0.6 is 0 Å². The van der Waals surface area contributed by atoms with Gasteiger partial charge >= 0.3 is 0 Å². The average molecular weight is 393 g/mol. The van der Waals surface area contributed by atoms with Crippen molar-refractivity contribution in [2.45, 2.75) is 45.7 Å². The Balaban J connectivity index is 1.64. The molecular weight excluding hydrogens is 366 g/mol. The van der Waals surface area contributed by atoms with Gasteiger partial charge in [-0.3, -0.25) is 19.3 Å². The van der Waals surface area contributed by atoms with Crippen molar-refractivity contribution < 1.29 is 14.4 Å². The Hall–Kier alpha value is -2.99. The fourth-order valence-corrected chi connectivity index (χ4v) is 3.45. The van der Waals surface area contributed by atoms with Crippen LogP contribution in [0.2, 0.25) is 0 Å². The van der Waals surface area contributed by atoms with E-state index in [1.165, 1.54) is 5.56 Å². The smallest absolute Gasteiger partial charge is 0.262 e. The molecule has 2 aromatic carbocycles. The van der Waals surface area contributed by atoms with Crippen LogP contribution < -0.4 is 11.1 Å². The lowest BCUT2D eigenvalue weighted by Gasteiger charge is -2.23. The van der Waals surface area contributed by atoms with Crippen LogP contribution in [0.15, 0.2) is 42.5 Å². The summed E-state index contributed by atoms with van der Waals surface area (Å²) in [7, 11) is 0. The zero-order chi connectivity index (χ0) is 21.3. The van der Waals surface area contributed by atoms with Gasteiger partial charge in [0.1, 0.15) is 6.04 Å². The second-order valence-electron chi connectivity index (χ2n) is 7.88. The van der Waals surface area contributed by atoms with E-state index in [0.717, 1.165) is 16.0 Å². The standard InChI is InChI=1S/C23H27N3O3/c1-13(2)16-6-8-17(9-7-16)20(24)12-25-21(27)15(4)26-22(28)18-10-5-14(3)11-19(18)23(26)29/h5-11,13,15,20H,12,24H2,1-4H3,(H,25,27). The molecule has 3 rings (SSSR count). The molecule has 29 heavy (non-hydrogen) atoms. The highest BCUT2D eigenvalue weighted by Gasteiger charge is 2.40. The molecule has 0 saturated carbocycles. The maximum absolute atomic E-state index is 12.7. The number of hydrogen-bond donors (Lipinski definition) is 2. The molecule has 1 heterocycles. The predicted molar refractivity (Wildman–Crippen MR) is 112 cm³/mol. The van der Waals surface area contributed by atoms with Gasteiger partial charge in [-0.25, -0.2) is 0 Å². The molecule has 3 amide bonds. The minimum atomic E-state index is -0.918. The molecule has 1 aliphatic rings. The van der Waals surface area contributed by atoms with Crippen molar-refractivity contribution in [1.82, 2.24) is 10.2 Å². The quantitative estimate of drug-likeness (QED) is 0.738. The molecule has 2 unspecified atom stereocenters. The van der Waals surface area contributed by atoms with E-state index in [9.17, 15) is 14.4 Å². The number of benzene rings is 2. The third-order valence-electron chi connectivity index (χ3n) is 5.37. The van der Waals surface area contributed by atoms with Gasteiger partial charge in [0.25, 0.3) is 11.8 Å². The van der Waals surface area contributed by atoms with Crippen LogP contribution in [0.4, 0.5) is 0 Å². The maximum atomic E-state index is 12.7. The molecule has 152 valence electrons. The van der Waals surface area contributed by atoms with E-state index in [-0.39, 0.29) is 12.6 Å². The number of carbonyl (C=O) groups is 3. The number of rotatable bonds is 6. The van der Waals surface area contributed by atoms with Crippen molar-refractivity contribution >= 4 is 17.7 Å². The van der Waals surface area contributed by atoms with Crippen LogP contribution in [-0.2, 0) is 4.79 Å². The Morgan fingerprint density at radius 3 is 2.17 bits per heavy atom. The number of hydrogen-bond acceptors (Lipinski definition) is 4. The van der Waals surface area contributed by atoms with Crippen molar-refractivity contribution in [2.75, 3.05) is 6.54 Å². The SMILES string of the molecule is Cc1ccc2c(c1)C(=O)N(C(C)C(=O)NCC(N)c1ccc(C(C)C)cc1)C2=O. The van der Waals surface area contributed by atoms with Gasteiger partial charge in [-0.1, -0.05) is 49.7 Å². The van der Waals surface area contributed by atoms with Crippen LogP contribution in [-0.4, -0.2) is 35.2 Å². The zero-order valence-electron chi connectivity index (χ0n) is 17.2. The molecule has 6 nitrogen and oxygen atoms in total. The first-order chi connectivity index (χ1) is 13.7. The summed E-state index contributed by atoms with van der Waals surface area (Å²) < 4.78 is 0. The molecule has 3 N–H and O–H groups in total. The van der Waals surface area contributed by atoms with Gasteiger partial charge in [-0.15, -0.1) is 0 Å². The molecule has 0 fully saturated rings. The summed E-state index contributed by atoms with van der Waals surface area (Å²) in [6.07, 6.45) is 0. The van der Waals surface area contributed by atoms with Crippen molar-refractivity contribution in [1.29, 1.82) is 0 Å². The lowest BCUT2D eigenvalue weighted by atomic mass is 9.99. The van der Waals surface area contributed by atoms with Crippen molar-refractivity contribution in [2.24, 2.45) is 5.73 Å². The minimum Gasteiger partial charge on any atom is -0.352 e. The van der Waals surface area contributed by atoms with Crippen LogP contribution in [0.1, 0.15) is 70.1 Å². The topological polar surface area (TPSA) is 92.5 Å². The van der Waals surface area contributed by atoms with E-state index >= 15 is 0 Å². The summed E-state index contributed by atoms with van der Waals surface area (Å²) >= 11 is 0. The maximum Gasteiger partial charge on any atom is 0.262 e. The van der Waals surface area contributed by atoms with Crippen LogP contribution in [0.25, 0.3) is 0 Å². The van der Waals surface area contributed by atoms with Crippen LogP contribution in [0.3, 0.4) is 0 Å². The van der Waals surface area contributed by atoms with Gasteiger partial charge < -0.3 is 11.1 Å². The molecule has 6 heteroatoms. The van der Waals surface area contributed by atoms with E-state index in [1.54, 1.807) is 25.1 Å². The lowest BCUT2D eigenvalue weighted by Crippen LogP contribution is -2.49. The normalized spacial score (nSPS) is 15.4. The lowest BCUT2D eigenvalue weighted by molar-refractivity contribution is -0.124. The van der Waals surface area contributed by atoms with E-state index in [0.29, 0.717) is 17.0 Å². The molecule has 2 aromatic rings. The molecular formula is C23H27N3O3. The van der Waals surface area contributed by atoms with Crippen molar-refractivity contribution in [3.8, 4) is 0 Å². The number of fused-ring (bicyclic) bond motifs is 1. The van der Waals surface area contributed by atoms with Crippen LogP contribution in [0.5, 0.6) is 0 Å². The predicted octanol–water partition coefficient (Wildman–Crippen LogP) is 2.92. The monoisotopic (exact) mass is 393 g/mol. The summed E-state index contributed by atoms with van der Waals surface area (Å²) in [4.78, 5) is 38.9. The summed E-state index contributed by atoms with van der Waals surface area (Å²) in [6, 6.07) is 11.8. The third kappa shape index (κ3) is 4.07. The first-order valence-corrected chi connectivity index (χ1v) is 9.82.